The summed E-state index contributed by atoms with van der Waals surface area (Å²) in [4.78, 5) is 29.6. The lowest BCUT2D eigenvalue weighted by molar-refractivity contribution is 0.000720. The van der Waals surface area contributed by atoms with Crippen molar-refractivity contribution in [3.8, 4) is 0 Å². The lowest BCUT2D eigenvalue weighted by Gasteiger charge is -2.55. The summed E-state index contributed by atoms with van der Waals surface area (Å²) in [6.45, 7) is 2.45. The van der Waals surface area contributed by atoms with E-state index in [1.807, 2.05) is 53.1 Å². The summed E-state index contributed by atoms with van der Waals surface area (Å²) in [6, 6.07) is 17.4. The van der Waals surface area contributed by atoms with E-state index >= 15 is 0 Å². The molecule has 1 aromatic heterocycles. The molecule has 0 unspecified atom stereocenters. The van der Waals surface area contributed by atoms with Gasteiger partial charge in [-0.15, -0.1) is 12.4 Å². The van der Waals surface area contributed by atoms with Crippen LogP contribution >= 0.6 is 12.4 Å². The minimum atomic E-state index is -0.819. The smallest absolute Gasteiger partial charge is 0.233 e. The van der Waals surface area contributed by atoms with Crippen molar-refractivity contribution < 1.29 is 9.59 Å². The van der Waals surface area contributed by atoms with Gasteiger partial charge in [-0.25, -0.2) is 0 Å². The summed E-state index contributed by atoms with van der Waals surface area (Å²) in [5.41, 5.74) is 2.89. The molecule has 1 N–H and O–H groups in total. The summed E-state index contributed by atoms with van der Waals surface area (Å²) in [7, 11) is 0. The van der Waals surface area contributed by atoms with Crippen LogP contribution in [0.15, 0.2) is 54.6 Å². The highest BCUT2D eigenvalue weighted by molar-refractivity contribution is 6.09. The third-order valence-corrected chi connectivity index (χ3v) is 6.76. The van der Waals surface area contributed by atoms with E-state index in [4.69, 9.17) is 0 Å². The predicted molar refractivity (Wildman–Crippen MR) is 114 cm³/mol. The van der Waals surface area contributed by atoms with Crippen molar-refractivity contribution in [2.24, 2.45) is 0 Å². The number of nitrogens with one attached hydrogen (secondary N) is 1. The van der Waals surface area contributed by atoms with Crippen LogP contribution < -0.4 is 5.32 Å². The van der Waals surface area contributed by atoms with Crippen molar-refractivity contribution in [2.75, 3.05) is 19.6 Å². The van der Waals surface area contributed by atoms with Crippen molar-refractivity contribution >= 4 is 35.0 Å². The fourth-order valence-corrected chi connectivity index (χ4v) is 5.69. The van der Waals surface area contributed by atoms with E-state index in [0.717, 1.165) is 48.2 Å². The van der Waals surface area contributed by atoms with Gasteiger partial charge in [0, 0.05) is 43.0 Å². The van der Waals surface area contributed by atoms with Crippen LogP contribution in [0.2, 0.25) is 0 Å². The summed E-state index contributed by atoms with van der Waals surface area (Å²) in [5, 5.41) is 4.63. The van der Waals surface area contributed by atoms with Crippen LogP contribution in [-0.2, 0) is 12.0 Å². The average Bonchev–Trinajstić information content (AvgIpc) is 3.09. The fourth-order valence-electron chi connectivity index (χ4n) is 5.69. The lowest BCUT2D eigenvalue weighted by atomic mass is 9.70. The van der Waals surface area contributed by atoms with Crippen LogP contribution in [0.3, 0.4) is 0 Å². The highest BCUT2D eigenvalue weighted by Crippen LogP contribution is 2.49. The molecule has 1 saturated heterocycles. The molecule has 29 heavy (non-hydrogen) atoms. The zero-order valence-corrected chi connectivity index (χ0v) is 16.7. The maximum atomic E-state index is 14.1. The molecule has 1 fully saturated rings. The van der Waals surface area contributed by atoms with Gasteiger partial charge < -0.3 is 5.32 Å². The number of hydrogen-bond donors (Lipinski definition) is 1. The Morgan fingerprint density at radius 3 is 2.62 bits per heavy atom. The summed E-state index contributed by atoms with van der Waals surface area (Å²) >= 11 is 0. The van der Waals surface area contributed by atoms with Gasteiger partial charge in [-0.05, 0) is 18.1 Å². The zero-order valence-electron chi connectivity index (χ0n) is 15.9. The molecule has 0 radical (unpaired) electrons. The van der Waals surface area contributed by atoms with Crippen molar-refractivity contribution in [3.05, 3.63) is 71.4 Å². The Bertz CT molecular complexity index is 1140. The number of aromatic nitrogens is 1. The van der Waals surface area contributed by atoms with E-state index in [1.54, 1.807) is 0 Å². The standard InChI is InChI=1S/C23H21N3O2.ClH/c27-20-14-19-23(22(28)15-6-2-1-3-7-15)21-17(10-12-25(23)13-11-24-19)16-8-4-5-9-18(16)26(20)21;/h1-9,19,24H,10-14H2;1H/t19-,23-;/m1./s1. The van der Waals surface area contributed by atoms with Gasteiger partial charge in [-0.2, -0.15) is 0 Å². The van der Waals surface area contributed by atoms with Crippen LogP contribution in [-0.4, -0.2) is 46.8 Å². The molecule has 2 aromatic carbocycles. The number of piperazine rings is 1. The number of carbonyl (C=O) groups is 2. The number of fused-ring (bicyclic) bond motifs is 3. The number of benzene rings is 2. The number of Topliss-reactive ketones (excluding diaryl/α,β-unsaturated/α-hetero) is 1. The first-order valence-corrected chi connectivity index (χ1v) is 9.97. The van der Waals surface area contributed by atoms with Crippen LogP contribution in [0.25, 0.3) is 10.9 Å². The maximum Gasteiger partial charge on any atom is 0.233 e. The van der Waals surface area contributed by atoms with Gasteiger partial charge in [-0.1, -0.05) is 48.5 Å². The number of nitrogens with zero attached hydrogens (tertiary/aromatic N) is 2. The number of para-hydroxylation sites is 1. The Labute approximate surface area is 175 Å². The van der Waals surface area contributed by atoms with E-state index in [-0.39, 0.29) is 30.1 Å². The van der Waals surface area contributed by atoms with Gasteiger partial charge in [0.05, 0.1) is 11.2 Å². The number of ketones is 1. The number of halogens is 1. The van der Waals surface area contributed by atoms with Crippen molar-refractivity contribution in [2.45, 2.75) is 24.4 Å². The molecular formula is C23H22ClN3O2. The van der Waals surface area contributed by atoms with E-state index < -0.39 is 5.54 Å². The molecule has 2 atom stereocenters. The van der Waals surface area contributed by atoms with Crippen LogP contribution in [0.1, 0.15) is 32.8 Å². The van der Waals surface area contributed by atoms with Gasteiger partial charge in [0.2, 0.25) is 5.91 Å². The minimum Gasteiger partial charge on any atom is -0.310 e. The third kappa shape index (κ3) is 2.23. The Hall–Kier alpha value is -2.47. The zero-order chi connectivity index (χ0) is 18.9. The van der Waals surface area contributed by atoms with Gasteiger partial charge in [0.1, 0.15) is 5.54 Å². The molecule has 0 spiro atoms. The molecule has 5 nitrogen and oxygen atoms in total. The molecule has 0 amide bonds. The van der Waals surface area contributed by atoms with E-state index in [0.29, 0.717) is 12.0 Å². The molecule has 3 aliphatic rings. The Balaban J connectivity index is 0.00000181. The van der Waals surface area contributed by atoms with Gasteiger partial charge >= 0.3 is 0 Å². The molecule has 6 heteroatoms. The monoisotopic (exact) mass is 407 g/mol. The molecule has 3 aromatic rings. The Kier molecular flexibility index (Phi) is 4.17. The number of hydrogen-bond acceptors (Lipinski definition) is 4. The molecule has 0 aliphatic carbocycles. The second-order valence-corrected chi connectivity index (χ2v) is 7.98. The quantitative estimate of drug-likeness (QED) is 0.663. The first-order valence-electron chi connectivity index (χ1n) is 9.97. The minimum absolute atomic E-state index is 0. The van der Waals surface area contributed by atoms with E-state index in [2.05, 4.69) is 16.3 Å². The van der Waals surface area contributed by atoms with E-state index in [1.165, 1.54) is 0 Å². The van der Waals surface area contributed by atoms with Crippen molar-refractivity contribution in [1.82, 2.24) is 14.8 Å². The fraction of sp³-hybridized carbons (Fsp3) is 0.304. The Morgan fingerprint density at radius 1 is 1.03 bits per heavy atom. The van der Waals surface area contributed by atoms with E-state index in [9.17, 15) is 9.59 Å². The summed E-state index contributed by atoms with van der Waals surface area (Å²) in [5.74, 6) is 0.179. The number of carbonyl (C=O) groups excluding carboxylic acids is 2. The third-order valence-electron chi connectivity index (χ3n) is 6.76. The topological polar surface area (TPSA) is 54.3 Å². The maximum absolute atomic E-state index is 14.1. The second-order valence-electron chi connectivity index (χ2n) is 7.98. The van der Waals surface area contributed by atoms with Crippen molar-refractivity contribution in [1.29, 1.82) is 0 Å². The highest BCUT2D eigenvalue weighted by Gasteiger charge is 2.60. The lowest BCUT2D eigenvalue weighted by Crippen LogP contribution is -2.73. The largest absolute Gasteiger partial charge is 0.310 e. The molecule has 148 valence electrons. The molecule has 3 aliphatic heterocycles. The average molecular weight is 408 g/mol. The van der Waals surface area contributed by atoms with Crippen molar-refractivity contribution in [3.63, 3.8) is 0 Å². The first kappa shape index (κ1) is 18.6. The van der Waals surface area contributed by atoms with Gasteiger partial charge in [0.15, 0.2) is 5.78 Å². The second kappa shape index (κ2) is 6.52. The van der Waals surface area contributed by atoms with Crippen LogP contribution in [0.4, 0.5) is 0 Å². The summed E-state index contributed by atoms with van der Waals surface area (Å²) < 4.78 is 1.85. The molecule has 0 bridgehead atoms. The molecule has 6 rings (SSSR count). The van der Waals surface area contributed by atoms with Gasteiger partial charge in [-0.3, -0.25) is 19.1 Å². The Morgan fingerprint density at radius 2 is 1.79 bits per heavy atom. The first-order chi connectivity index (χ1) is 13.7. The molecule has 0 saturated carbocycles. The molecular weight excluding hydrogens is 386 g/mol. The molecule has 4 heterocycles. The van der Waals surface area contributed by atoms with Crippen LogP contribution in [0, 0.1) is 0 Å². The van der Waals surface area contributed by atoms with Gasteiger partial charge in [0.25, 0.3) is 0 Å². The number of rotatable bonds is 2. The SMILES string of the molecule is Cl.O=C1C[C@H]2NCCN3CCc4c(n1c1ccccc41)[C@@]23C(=O)c1ccccc1. The van der Waals surface area contributed by atoms with Crippen LogP contribution in [0.5, 0.6) is 0 Å². The normalized spacial score (nSPS) is 25.4. The highest BCUT2D eigenvalue weighted by atomic mass is 35.5. The predicted octanol–water partition coefficient (Wildman–Crippen LogP) is 3.02. The summed E-state index contributed by atoms with van der Waals surface area (Å²) in [6.07, 6.45) is 1.20.